The zero-order chi connectivity index (χ0) is 24.8. The van der Waals surface area contributed by atoms with Gasteiger partial charge in [0.2, 0.25) is 0 Å². The first-order valence-electron chi connectivity index (χ1n) is 12.8. The van der Waals surface area contributed by atoms with E-state index in [2.05, 4.69) is 62.8 Å². The van der Waals surface area contributed by atoms with Crippen LogP contribution in [0.2, 0.25) is 0 Å². The first-order valence-corrected chi connectivity index (χ1v) is 14.7. The van der Waals surface area contributed by atoms with Crippen LogP contribution in [-0.2, 0) is 25.0 Å². The van der Waals surface area contributed by atoms with Gasteiger partial charge in [0.25, 0.3) is 5.56 Å². The number of benzene rings is 1. The van der Waals surface area contributed by atoms with Crippen LogP contribution in [0, 0.1) is 0 Å². The van der Waals surface area contributed by atoms with E-state index in [-0.39, 0.29) is 5.56 Å². The van der Waals surface area contributed by atoms with Crippen LogP contribution in [0.3, 0.4) is 0 Å². The topological polar surface area (TPSA) is 71.5 Å². The van der Waals surface area contributed by atoms with Gasteiger partial charge in [-0.3, -0.25) is 4.79 Å². The van der Waals surface area contributed by atoms with Crippen LogP contribution in [0.25, 0.3) is 0 Å². The summed E-state index contributed by atoms with van der Waals surface area (Å²) in [4.78, 5) is 30.4. The number of nitrogens with zero attached hydrogens (tertiary/aromatic N) is 3. The number of thiophene rings is 1. The highest BCUT2D eigenvalue weighted by atomic mass is 32.2. The van der Waals surface area contributed by atoms with E-state index >= 15 is 0 Å². The zero-order valence-electron chi connectivity index (χ0n) is 20.7. The third kappa shape index (κ3) is 8.71. The number of unbranched alkanes of at least 4 members (excludes halogenated alkanes) is 6. The average molecular weight is 519 g/mol. The Kier molecular flexibility index (Phi) is 10.7. The highest BCUT2D eigenvalue weighted by molar-refractivity contribution is 7.98. The Labute approximate surface area is 221 Å². The molecule has 0 saturated heterocycles. The van der Waals surface area contributed by atoms with Crippen molar-refractivity contribution in [1.29, 1.82) is 0 Å². The van der Waals surface area contributed by atoms with Gasteiger partial charge in [0, 0.05) is 35.0 Å². The van der Waals surface area contributed by atoms with Crippen molar-refractivity contribution in [2.45, 2.75) is 75.1 Å². The maximum absolute atomic E-state index is 13.0. The molecule has 188 valence electrons. The molecule has 0 amide bonds. The standard InChI is InChI=1S/C29H34N4OS2/c34-28-26(18-24-19-30-22-31-20-24)27(32-29(33-28)36-21-25-15-11-17-35-25)16-10-5-3-1-2-4-7-12-23-13-8-6-9-14-23/h6,8-9,11,13-15,17,19-20,22H,1-5,7,10,12,16,18,21H2,(H,32,33,34). The molecule has 1 N–H and O–H groups in total. The minimum Gasteiger partial charge on any atom is -0.301 e. The quantitative estimate of drug-likeness (QED) is 0.104. The summed E-state index contributed by atoms with van der Waals surface area (Å²) in [5, 5.41) is 2.78. The van der Waals surface area contributed by atoms with E-state index in [1.54, 1.807) is 35.5 Å². The lowest BCUT2D eigenvalue weighted by Crippen LogP contribution is -2.19. The Balaban J connectivity index is 1.26. The number of nitrogens with one attached hydrogen (secondary N) is 1. The predicted octanol–water partition coefficient (Wildman–Crippen LogP) is 7.02. The summed E-state index contributed by atoms with van der Waals surface area (Å²) in [6, 6.07) is 14.9. The van der Waals surface area contributed by atoms with Crippen LogP contribution in [0.5, 0.6) is 0 Å². The number of rotatable bonds is 15. The molecule has 0 unspecified atom stereocenters. The van der Waals surface area contributed by atoms with Gasteiger partial charge >= 0.3 is 0 Å². The number of hydrogen-bond donors (Lipinski definition) is 1. The third-order valence-electron chi connectivity index (χ3n) is 6.23. The summed E-state index contributed by atoms with van der Waals surface area (Å²) in [5.74, 6) is 0.816. The highest BCUT2D eigenvalue weighted by Gasteiger charge is 2.13. The Bertz CT molecular complexity index is 1210. The summed E-state index contributed by atoms with van der Waals surface area (Å²) in [7, 11) is 0. The largest absolute Gasteiger partial charge is 0.301 e. The SMILES string of the molecule is O=c1[nH]c(SCc2cccs2)nc(CCCCCCCCCc2ccccc2)c1Cc1cncnc1. The van der Waals surface area contributed by atoms with Gasteiger partial charge in [-0.2, -0.15) is 0 Å². The summed E-state index contributed by atoms with van der Waals surface area (Å²) in [6.45, 7) is 0. The number of H-pyrrole nitrogens is 1. The molecule has 0 radical (unpaired) electrons. The van der Waals surface area contributed by atoms with Crippen molar-refractivity contribution in [2.24, 2.45) is 0 Å². The third-order valence-corrected chi connectivity index (χ3v) is 8.21. The second-order valence-electron chi connectivity index (χ2n) is 9.05. The van der Waals surface area contributed by atoms with E-state index in [9.17, 15) is 4.79 Å². The molecule has 0 atom stereocenters. The van der Waals surface area contributed by atoms with E-state index < -0.39 is 0 Å². The van der Waals surface area contributed by atoms with E-state index in [0.717, 1.165) is 35.4 Å². The Morgan fingerprint density at radius 1 is 0.806 bits per heavy atom. The first-order chi connectivity index (χ1) is 17.8. The average Bonchev–Trinajstić information content (AvgIpc) is 3.43. The molecule has 0 aliphatic rings. The number of thioether (sulfide) groups is 1. The molecule has 3 aromatic heterocycles. The summed E-state index contributed by atoms with van der Waals surface area (Å²) in [5.41, 5.74) is 3.98. The lowest BCUT2D eigenvalue weighted by atomic mass is 10.0. The molecular formula is C29H34N4OS2. The minimum absolute atomic E-state index is 0.0454. The van der Waals surface area contributed by atoms with Gasteiger partial charge in [0.1, 0.15) is 6.33 Å². The fourth-order valence-corrected chi connectivity index (χ4v) is 5.94. The molecule has 0 aliphatic carbocycles. The molecular weight excluding hydrogens is 484 g/mol. The molecule has 3 heterocycles. The van der Waals surface area contributed by atoms with Gasteiger partial charge in [0.05, 0.1) is 5.69 Å². The molecule has 5 nitrogen and oxygen atoms in total. The smallest absolute Gasteiger partial charge is 0.255 e. The van der Waals surface area contributed by atoms with Crippen molar-refractivity contribution < 1.29 is 0 Å². The monoisotopic (exact) mass is 518 g/mol. The molecule has 36 heavy (non-hydrogen) atoms. The van der Waals surface area contributed by atoms with Gasteiger partial charge in [-0.15, -0.1) is 11.3 Å². The van der Waals surface area contributed by atoms with Crippen molar-refractivity contribution >= 4 is 23.1 Å². The molecule has 0 fully saturated rings. The van der Waals surface area contributed by atoms with Crippen LogP contribution in [-0.4, -0.2) is 19.9 Å². The molecule has 1 aromatic carbocycles. The summed E-state index contributed by atoms with van der Waals surface area (Å²) >= 11 is 3.32. The van der Waals surface area contributed by atoms with E-state index in [0.29, 0.717) is 11.6 Å². The van der Waals surface area contributed by atoms with Gasteiger partial charge < -0.3 is 4.98 Å². The number of aryl methyl sites for hydroxylation is 2. The maximum Gasteiger partial charge on any atom is 0.255 e. The summed E-state index contributed by atoms with van der Waals surface area (Å²) in [6.07, 6.45) is 16.1. The Morgan fingerprint density at radius 2 is 1.53 bits per heavy atom. The Morgan fingerprint density at radius 3 is 2.25 bits per heavy atom. The fourth-order valence-electron chi connectivity index (χ4n) is 4.29. The van der Waals surface area contributed by atoms with Gasteiger partial charge in [-0.05, 0) is 48.3 Å². The maximum atomic E-state index is 13.0. The van der Waals surface area contributed by atoms with Crippen molar-refractivity contribution in [3.05, 3.63) is 104 Å². The van der Waals surface area contributed by atoms with Gasteiger partial charge in [0.15, 0.2) is 5.16 Å². The van der Waals surface area contributed by atoms with Crippen molar-refractivity contribution in [1.82, 2.24) is 19.9 Å². The summed E-state index contributed by atoms with van der Waals surface area (Å²) < 4.78 is 0. The van der Waals surface area contributed by atoms with Crippen molar-refractivity contribution in [2.75, 3.05) is 0 Å². The highest BCUT2D eigenvalue weighted by Crippen LogP contribution is 2.23. The van der Waals surface area contributed by atoms with E-state index in [1.165, 1.54) is 61.7 Å². The first kappa shape index (κ1) is 26.3. The minimum atomic E-state index is -0.0454. The molecule has 7 heteroatoms. The van der Waals surface area contributed by atoms with Crippen LogP contribution in [0.15, 0.2) is 76.5 Å². The van der Waals surface area contributed by atoms with Gasteiger partial charge in [-0.25, -0.2) is 15.0 Å². The molecule has 0 saturated carbocycles. The lowest BCUT2D eigenvalue weighted by molar-refractivity contribution is 0.575. The van der Waals surface area contributed by atoms with Gasteiger partial charge in [-0.1, -0.05) is 80.3 Å². The molecule has 4 rings (SSSR count). The number of aromatic nitrogens is 4. The van der Waals surface area contributed by atoms with Crippen molar-refractivity contribution in [3.8, 4) is 0 Å². The van der Waals surface area contributed by atoms with Crippen LogP contribution >= 0.6 is 23.1 Å². The van der Waals surface area contributed by atoms with Crippen LogP contribution < -0.4 is 5.56 Å². The predicted molar refractivity (Wildman–Crippen MR) is 150 cm³/mol. The second kappa shape index (κ2) is 14.7. The molecule has 0 bridgehead atoms. The molecule has 0 aliphatic heterocycles. The van der Waals surface area contributed by atoms with Crippen LogP contribution in [0.4, 0.5) is 0 Å². The fraction of sp³-hybridized carbons (Fsp3) is 0.379. The van der Waals surface area contributed by atoms with Crippen molar-refractivity contribution in [3.63, 3.8) is 0 Å². The molecule has 4 aromatic rings. The Hall–Kier alpha value is -2.77. The number of aromatic amines is 1. The number of hydrogen-bond acceptors (Lipinski definition) is 6. The van der Waals surface area contributed by atoms with E-state index in [1.807, 2.05) is 0 Å². The lowest BCUT2D eigenvalue weighted by Gasteiger charge is -2.10. The second-order valence-corrected chi connectivity index (χ2v) is 11.0. The molecule has 0 spiro atoms. The van der Waals surface area contributed by atoms with Crippen LogP contribution in [0.1, 0.15) is 72.2 Å². The van der Waals surface area contributed by atoms with E-state index in [4.69, 9.17) is 4.98 Å². The normalized spacial score (nSPS) is 11.1. The zero-order valence-corrected chi connectivity index (χ0v) is 22.3.